The second-order valence-corrected chi connectivity index (χ2v) is 8.73. The topological polar surface area (TPSA) is 242 Å². The molecule has 1 heterocycles. The standard InChI is InChI=1S/C23H31N5O9/c24-14(10-12-3-5-13(29)6-4-12)20(33)26-15(7-8-18(25)30)21(34)27-16(11-19(31)32)22(35)28-9-1-2-17(28)23(36)37/h3-6,14-17,29H,1-2,7-11,24H2,(H2,25,30)(H,26,33)(H,27,34)(H,31,32)(H,36,37). The normalized spacial score (nSPS) is 17.3. The van der Waals surface area contributed by atoms with E-state index in [2.05, 4.69) is 10.6 Å². The van der Waals surface area contributed by atoms with E-state index < -0.39 is 66.2 Å². The van der Waals surface area contributed by atoms with Crippen molar-refractivity contribution in [1.29, 1.82) is 0 Å². The molecule has 1 saturated heterocycles. The van der Waals surface area contributed by atoms with Gasteiger partial charge in [0.05, 0.1) is 12.5 Å². The minimum Gasteiger partial charge on any atom is -0.508 e. The summed E-state index contributed by atoms with van der Waals surface area (Å²) >= 11 is 0. The average molecular weight is 522 g/mol. The minimum absolute atomic E-state index is 0.0269. The fourth-order valence-corrected chi connectivity index (χ4v) is 3.95. The van der Waals surface area contributed by atoms with Gasteiger partial charge in [-0.15, -0.1) is 0 Å². The van der Waals surface area contributed by atoms with Gasteiger partial charge in [0, 0.05) is 13.0 Å². The van der Waals surface area contributed by atoms with Crippen molar-refractivity contribution >= 4 is 35.6 Å². The van der Waals surface area contributed by atoms with E-state index in [1.54, 1.807) is 12.1 Å². The zero-order valence-electron chi connectivity index (χ0n) is 20.0. The van der Waals surface area contributed by atoms with Crippen LogP contribution in [0.3, 0.4) is 0 Å². The summed E-state index contributed by atoms with van der Waals surface area (Å²) in [6.07, 6.45) is -0.755. The highest BCUT2D eigenvalue weighted by atomic mass is 16.4. The van der Waals surface area contributed by atoms with Crippen LogP contribution in [0.4, 0.5) is 0 Å². The number of benzene rings is 1. The van der Waals surface area contributed by atoms with Crippen LogP contribution in [-0.4, -0.2) is 86.5 Å². The number of nitrogens with one attached hydrogen (secondary N) is 2. The molecule has 202 valence electrons. The Morgan fingerprint density at radius 3 is 2.19 bits per heavy atom. The third-order valence-corrected chi connectivity index (χ3v) is 5.86. The van der Waals surface area contributed by atoms with Crippen LogP contribution < -0.4 is 22.1 Å². The first kappa shape index (κ1) is 29.0. The number of rotatable bonds is 13. The van der Waals surface area contributed by atoms with Gasteiger partial charge in [-0.05, 0) is 43.4 Å². The second-order valence-electron chi connectivity index (χ2n) is 8.73. The Labute approximate surface area is 212 Å². The summed E-state index contributed by atoms with van der Waals surface area (Å²) < 4.78 is 0. The maximum absolute atomic E-state index is 13.0. The molecular weight excluding hydrogens is 490 g/mol. The largest absolute Gasteiger partial charge is 0.508 e. The van der Waals surface area contributed by atoms with E-state index in [1.165, 1.54) is 12.1 Å². The number of carbonyl (C=O) groups excluding carboxylic acids is 4. The first-order valence-electron chi connectivity index (χ1n) is 11.6. The van der Waals surface area contributed by atoms with Crippen LogP contribution in [0.5, 0.6) is 5.75 Å². The molecule has 1 aliphatic heterocycles. The number of phenols is 1. The number of likely N-dealkylation sites (tertiary alicyclic amines) is 1. The molecule has 1 aromatic carbocycles. The summed E-state index contributed by atoms with van der Waals surface area (Å²) in [6.45, 7) is 0.0791. The molecule has 4 unspecified atom stereocenters. The number of hydrogen-bond acceptors (Lipinski definition) is 8. The van der Waals surface area contributed by atoms with Crippen LogP contribution in [0.15, 0.2) is 24.3 Å². The molecule has 4 atom stereocenters. The third-order valence-electron chi connectivity index (χ3n) is 5.86. The number of carboxylic acids is 2. The predicted molar refractivity (Wildman–Crippen MR) is 127 cm³/mol. The Balaban J connectivity index is 2.15. The van der Waals surface area contributed by atoms with Crippen molar-refractivity contribution in [2.45, 2.75) is 62.7 Å². The van der Waals surface area contributed by atoms with Crippen LogP contribution in [-0.2, 0) is 35.2 Å². The number of carboxylic acid groups (broad SMARTS) is 2. The molecule has 1 aliphatic rings. The number of aliphatic carboxylic acids is 2. The molecule has 0 saturated carbocycles. The minimum atomic E-state index is -1.61. The van der Waals surface area contributed by atoms with Crippen molar-refractivity contribution in [1.82, 2.24) is 15.5 Å². The molecule has 9 N–H and O–H groups in total. The molecule has 0 aliphatic carbocycles. The van der Waals surface area contributed by atoms with Gasteiger partial charge in [-0.1, -0.05) is 12.1 Å². The number of nitrogens with zero attached hydrogens (tertiary/aromatic N) is 1. The van der Waals surface area contributed by atoms with E-state index in [0.29, 0.717) is 12.0 Å². The third kappa shape index (κ3) is 8.75. The highest BCUT2D eigenvalue weighted by molar-refractivity contribution is 5.96. The zero-order chi connectivity index (χ0) is 27.7. The Bertz CT molecular complexity index is 1030. The maximum atomic E-state index is 13.0. The molecule has 2 rings (SSSR count). The monoisotopic (exact) mass is 521 g/mol. The molecule has 0 radical (unpaired) electrons. The number of aromatic hydroxyl groups is 1. The lowest BCUT2D eigenvalue weighted by Crippen LogP contribution is -2.57. The van der Waals surface area contributed by atoms with Crippen molar-refractivity contribution in [2.24, 2.45) is 11.5 Å². The SMILES string of the molecule is NC(=O)CCC(NC(=O)C(N)Cc1ccc(O)cc1)C(=O)NC(CC(=O)O)C(=O)N1CCCC1C(=O)O. The van der Waals surface area contributed by atoms with Gasteiger partial charge in [-0.2, -0.15) is 0 Å². The second kappa shape index (κ2) is 13.2. The lowest BCUT2D eigenvalue weighted by molar-refractivity contribution is -0.150. The van der Waals surface area contributed by atoms with Gasteiger partial charge in [0.25, 0.3) is 0 Å². The Morgan fingerprint density at radius 2 is 1.62 bits per heavy atom. The van der Waals surface area contributed by atoms with E-state index in [-0.39, 0.29) is 38.0 Å². The van der Waals surface area contributed by atoms with Crippen LogP contribution in [0, 0.1) is 0 Å². The van der Waals surface area contributed by atoms with E-state index in [9.17, 15) is 44.1 Å². The summed E-state index contributed by atoms with van der Waals surface area (Å²) in [4.78, 5) is 73.8. The fourth-order valence-electron chi connectivity index (χ4n) is 3.95. The van der Waals surface area contributed by atoms with Crippen molar-refractivity contribution < 1.29 is 44.1 Å². The smallest absolute Gasteiger partial charge is 0.326 e. The lowest BCUT2D eigenvalue weighted by atomic mass is 10.0. The van der Waals surface area contributed by atoms with Crippen LogP contribution in [0.2, 0.25) is 0 Å². The number of hydrogen-bond donors (Lipinski definition) is 7. The van der Waals surface area contributed by atoms with Gasteiger partial charge in [0.15, 0.2) is 0 Å². The van der Waals surface area contributed by atoms with Crippen LogP contribution in [0.25, 0.3) is 0 Å². The van der Waals surface area contributed by atoms with Crippen LogP contribution in [0.1, 0.15) is 37.7 Å². The fraction of sp³-hybridized carbons (Fsp3) is 0.478. The number of amides is 4. The molecule has 0 bridgehead atoms. The van der Waals surface area contributed by atoms with Gasteiger partial charge in [0.1, 0.15) is 23.9 Å². The molecule has 4 amide bonds. The molecule has 14 nitrogen and oxygen atoms in total. The van der Waals surface area contributed by atoms with E-state index in [0.717, 1.165) is 4.90 Å². The van der Waals surface area contributed by atoms with E-state index >= 15 is 0 Å². The maximum Gasteiger partial charge on any atom is 0.326 e. The predicted octanol–water partition coefficient (Wildman–Crippen LogP) is -1.95. The van der Waals surface area contributed by atoms with Gasteiger partial charge >= 0.3 is 11.9 Å². The summed E-state index contributed by atoms with van der Waals surface area (Å²) in [5.41, 5.74) is 11.7. The Morgan fingerprint density at radius 1 is 1.00 bits per heavy atom. The van der Waals surface area contributed by atoms with E-state index in [4.69, 9.17) is 11.5 Å². The van der Waals surface area contributed by atoms with Gasteiger partial charge in [-0.25, -0.2) is 4.79 Å². The number of nitrogens with two attached hydrogens (primary N) is 2. The Hall–Kier alpha value is -4.20. The van der Waals surface area contributed by atoms with Crippen molar-refractivity contribution in [3.63, 3.8) is 0 Å². The molecule has 14 heteroatoms. The highest BCUT2D eigenvalue weighted by Crippen LogP contribution is 2.19. The molecular formula is C23H31N5O9. The van der Waals surface area contributed by atoms with Gasteiger partial charge in [0.2, 0.25) is 23.6 Å². The van der Waals surface area contributed by atoms with Gasteiger partial charge < -0.3 is 42.3 Å². The highest BCUT2D eigenvalue weighted by Gasteiger charge is 2.39. The Kier molecular flexibility index (Phi) is 10.4. The first-order chi connectivity index (χ1) is 17.4. The average Bonchev–Trinajstić information content (AvgIpc) is 3.32. The molecule has 0 spiro atoms. The van der Waals surface area contributed by atoms with Crippen LogP contribution >= 0.6 is 0 Å². The quantitative estimate of drug-likeness (QED) is 0.151. The lowest BCUT2D eigenvalue weighted by Gasteiger charge is -2.28. The number of phenolic OH excluding ortho intramolecular Hbond substituents is 1. The summed E-state index contributed by atoms with van der Waals surface area (Å²) in [6, 6.07) is 0.688. The van der Waals surface area contributed by atoms with E-state index in [1.807, 2.05) is 0 Å². The van der Waals surface area contributed by atoms with Crippen molar-refractivity contribution in [3.05, 3.63) is 29.8 Å². The molecule has 1 fully saturated rings. The summed E-state index contributed by atoms with van der Waals surface area (Å²) in [7, 11) is 0. The summed E-state index contributed by atoms with van der Waals surface area (Å²) in [5.74, 6) is -6.01. The van der Waals surface area contributed by atoms with Crippen molar-refractivity contribution in [2.75, 3.05) is 6.54 Å². The molecule has 1 aromatic rings. The zero-order valence-corrected chi connectivity index (χ0v) is 20.0. The molecule has 0 aromatic heterocycles. The first-order valence-corrected chi connectivity index (χ1v) is 11.6. The van der Waals surface area contributed by atoms with Gasteiger partial charge in [-0.3, -0.25) is 24.0 Å². The number of carbonyl (C=O) groups is 6. The number of primary amides is 1. The molecule has 37 heavy (non-hydrogen) atoms. The van der Waals surface area contributed by atoms with Crippen molar-refractivity contribution in [3.8, 4) is 5.75 Å². The summed E-state index contributed by atoms with van der Waals surface area (Å²) in [5, 5.41) is 32.6.